The molecule has 0 aliphatic rings. The number of hydrogen-bond acceptors (Lipinski definition) is 4. The molecule has 1 amide bonds. The van der Waals surface area contributed by atoms with Crippen molar-refractivity contribution in [3.63, 3.8) is 0 Å². The molecule has 0 bridgehead atoms. The highest BCUT2D eigenvalue weighted by molar-refractivity contribution is 5.95. The lowest BCUT2D eigenvalue weighted by molar-refractivity contribution is 0.0950. The second-order valence-corrected chi connectivity index (χ2v) is 4.65. The zero-order valence-electron chi connectivity index (χ0n) is 11.8. The van der Waals surface area contributed by atoms with Gasteiger partial charge >= 0.3 is 0 Å². The van der Waals surface area contributed by atoms with E-state index in [2.05, 4.69) is 15.6 Å². The Labute approximate surface area is 117 Å². The molecule has 20 heavy (non-hydrogen) atoms. The van der Waals surface area contributed by atoms with E-state index in [-0.39, 0.29) is 12.5 Å². The summed E-state index contributed by atoms with van der Waals surface area (Å²) in [6.45, 7) is 5.93. The van der Waals surface area contributed by atoms with Gasteiger partial charge in [0.2, 0.25) is 0 Å². The molecule has 106 valence electrons. The molecule has 0 fully saturated rings. The van der Waals surface area contributed by atoms with Gasteiger partial charge in [-0.05, 0) is 31.9 Å². The topological polar surface area (TPSA) is 93.0 Å². The van der Waals surface area contributed by atoms with Gasteiger partial charge in [-0.1, -0.05) is 18.2 Å². The van der Waals surface area contributed by atoms with Crippen LogP contribution < -0.4 is 16.0 Å². The largest absolute Gasteiger partial charge is 0.487 e. The quantitative estimate of drug-likeness (QED) is 0.447. The average molecular weight is 274 g/mol. The van der Waals surface area contributed by atoms with E-state index < -0.39 is 0 Å². The summed E-state index contributed by atoms with van der Waals surface area (Å²) in [7, 11) is 0. The third-order valence-corrected chi connectivity index (χ3v) is 3.14. The van der Waals surface area contributed by atoms with E-state index in [1.807, 2.05) is 32.0 Å². The molecule has 0 aliphatic heterocycles. The Bertz CT molecular complexity index is 614. The predicted octanol–water partition coefficient (Wildman–Crippen LogP) is 1.52. The first-order valence-electron chi connectivity index (χ1n) is 6.28. The number of aromatic nitrogens is 2. The summed E-state index contributed by atoms with van der Waals surface area (Å²) in [5.74, 6) is 5.61. The number of carbonyl (C=O) groups excluding carboxylic acids is 1. The molecule has 1 aromatic carbocycles. The maximum Gasteiger partial charge on any atom is 0.269 e. The molecule has 0 spiro atoms. The van der Waals surface area contributed by atoms with Crippen LogP contribution >= 0.6 is 0 Å². The summed E-state index contributed by atoms with van der Waals surface area (Å²) in [4.78, 5) is 11.7. The number of rotatable bonds is 4. The highest BCUT2D eigenvalue weighted by atomic mass is 16.5. The molecule has 1 aromatic heterocycles. The summed E-state index contributed by atoms with van der Waals surface area (Å²) in [5.41, 5.74) is 5.83. The Morgan fingerprint density at radius 1 is 1.35 bits per heavy atom. The van der Waals surface area contributed by atoms with E-state index in [0.717, 1.165) is 16.9 Å². The Hall–Kier alpha value is -2.34. The van der Waals surface area contributed by atoms with Crippen LogP contribution in [-0.2, 0) is 6.61 Å². The fraction of sp³-hybridized carbons (Fsp3) is 0.286. The SMILES string of the molecule is Cc1cccc(C)c1OCc1n[nH]c(C)c1C(=O)NN. The minimum Gasteiger partial charge on any atom is -0.487 e. The molecule has 0 atom stereocenters. The van der Waals surface area contributed by atoms with Crippen LogP contribution in [0.5, 0.6) is 5.75 Å². The second-order valence-electron chi connectivity index (χ2n) is 4.65. The zero-order valence-corrected chi connectivity index (χ0v) is 11.8. The van der Waals surface area contributed by atoms with Crippen LogP contribution in [0.1, 0.15) is 32.9 Å². The Balaban J connectivity index is 2.22. The molecular weight excluding hydrogens is 256 g/mol. The number of hydrazine groups is 1. The van der Waals surface area contributed by atoms with Gasteiger partial charge in [0.1, 0.15) is 18.1 Å². The molecule has 0 saturated heterocycles. The molecule has 0 radical (unpaired) electrons. The first kappa shape index (κ1) is 14.1. The lowest BCUT2D eigenvalue weighted by atomic mass is 10.1. The minimum atomic E-state index is -0.378. The first-order valence-corrected chi connectivity index (χ1v) is 6.28. The minimum absolute atomic E-state index is 0.207. The van der Waals surface area contributed by atoms with Crippen LogP contribution in [0.25, 0.3) is 0 Å². The molecule has 4 N–H and O–H groups in total. The highest BCUT2D eigenvalue weighted by Crippen LogP contribution is 2.24. The summed E-state index contributed by atoms with van der Waals surface area (Å²) in [6.07, 6.45) is 0. The average Bonchev–Trinajstić information content (AvgIpc) is 2.78. The summed E-state index contributed by atoms with van der Waals surface area (Å²) >= 11 is 0. The number of H-pyrrole nitrogens is 1. The van der Waals surface area contributed by atoms with Crippen LogP contribution in [-0.4, -0.2) is 16.1 Å². The number of aromatic amines is 1. The maximum absolute atomic E-state index is 11.7. The van der Waals surface area contributed by atoms with E-state index in [9.17, 15) is 4.79 Å². The molecule has 0 aliphatic carbocycles. The fourth-order valence-corrected chi connectivity index (χ4v) is 2.12. The number of nitrogens with one attached hydrogen (secondary N) is 2. The zero-order chi connectivity index (χ0) is 14.7. The Kier molecular flexibility index (Phi) is 4.05. The molecule has 2 aromatic rings. The van der Waals surface area contributed by atoms with Gasteiger partial charge < -0.3 is 4.74 Å². The van der Waals surface area contributed by atoms with E-state index in [0.29, 0.717) is 17.0 Å². The number of amides is 1. The number of para-hydroxylation sites is 1. The van der Waals surface area contributed by atoms with Crippen molar-refractivity contribution in [1.82, 2.24) is 15.6 Å². The molecule has 1 heterocycles. The lowest BCUT2D eigenvalue weighted by Gasteiger charge is -2.11. The molecule has 0 unspecified atom stereocenters. The van der Waals surface area contributed by atoms with E-state index in [4.69, 9.17) is 10.6 Å². The number of nitrogens with two attached hydrogens (primary N) is 1. The predicted molar refractivity (Wildman–Crippen MR) is 75.2 cm³/mol. The third kappa shape index (κ3) is 2.65. The lowest BCUT2D eigenvalue weighted by Crippen LogP contribution is -2.31. The van der Waals surface area contributed by atoms with Crippen LogP contribution in [0.15, 0.2) is 18.2 Å². The number of nitrogens with zero attached hydrogens (tertiary/aromatic N) is 1. The number of aryl methyl sites for hydroxylation is 3. The van der Waals surface area contributed by atoms with Crippen molar-refractivity contribution in [3.05, 3.63) is 46.3 Å². The van der Waals surface area contributed by atoms with Gasteiger partial charge in [0.05, 0.1) is 5.56 Å². The standard InChI is InChI=1S/C14H18N4O2/c1-8-5-4-6-9(2)13(8)20-7-11-12(14(19)16-15)10(3)17-18-11/h4-6H,7,15H2,1-3H3,(H,16,19)(H,17,18). The van der Waals surface area contributed by atoms with Crippen molar-refractivity contribution < 1.29 is 9.53 Å². The Morgan fingerprint density at radius 2 is 2.00 bits per heavy atom. The molecular formula is C14H18N4O2. The van der Waals surface area contributed by atoms with Gasteiger partial charge in [-0.15, -0.1) is 0 Å². The van der Waals surface area contributed by atoms with Crippen LogP contribution in [0.3, 0.4) is 0 Å². The summed E-state index contributed by atoms with van der Waals surface area (Å²) in [5, 5.41) is 6.86. The number of carbonyl (C=O) groups is 1. The normalized spacial score (nSPS) is 10.4. The van der Waals surface area contributed by atoms with Crippen LogP contribution in [0.4, 0.5) is 0 Å². The van der Waals surface area contributed by atoms with Gasteiger partial charge in [0, 0.05) is 5.69 Å². The van der Waals surface area contributed by atoms with Crippen molar-refractivity contribution in [3.8, 4) is 5.75 Å². The van der Waals surface area contributed by atoms with Crippen molar-refractivity contribution in [2.24, 2.45) is 5.84 Å². The van der Waals surface area contributed by atoms with Gasteiger partial charge in [-0.25, -0.2) is 5.84 Å². The number of ether oxygens (including phenoxy) is 1. The van der Waals surface area contributed by atoms with Crippen LogP contribution in [0, 0.1) is 20.8 Å². The molecule has 2 rings (SSSR count). The second kappa shape index (κ2) is 5.75. The van der Waals surface area contributed by atoms with Gasteiger partial charge in [0.25, 0.3) is 5.91 Å². The van der Waals surface area contributed by atoms with Crippen molar-refractivity contribution in [2.75, 3.05) is 0 Å². The van der Waals surface area contributed by atoms with Gasteiger partial charge in [-0.2, -0.15) is 5.10 Å². The third-order valence-electron chi connectivity index (χ3n) is 3.14. The van der Waals surface area contributed by atoms with E-state index >= 15 is 0 Å². The maximum atomic E-state index is 11.7. The van der Waals surface area contributed by atoms with Gasteiger partial charge in [-0.3, -0.25) is 15.3 Å². The fourth-order valence-electron chi connectivity index (χ4n) is 2.12. The van der Waals surface area contributed by atoms with Crippen molar-refractivity contribution in [2.45, 2.75) is 27.4 Å². The molecule has 6 nitrogen and oxygen atoms in total. The Morgan fingerprint density at radius 3 is 2.60 bits per heavy atom. The van der Waals surface area contributed by atoms with Crippen LogP contribution in [0.2, 0.25) is 0 Å². The number of hydrogen-bond donors (Lipinski definition) is 3. The highest BCUT2D eigenvalue weighted by Gasteiger charge is 2.18. The van der Waals surface area contributed by atoms with E-state index in [1.54, 1.807) is 6.92 Å². The number of nitrogen functional groups attached to an aromatic ring is 1. The molecule has 0 saturated carbocycles. The smallest absolute Gasteiger partial charge is 0.269 e. The summed E-state index contributed by atoms with van der Waals surface area (Å²) in [6, 6.07) is 5.93. The van der Waals surface area contributed by atoms with E-state index in [1.165, 1.54) is 0 Å². The van der Waals surface area contributed by atoms with Crippen molar-refractivity contribution >= 4 is 5.91 Å². The number of benzene rings is 1. The monoisotopic (exact) mass is 274 g/mol. The van der Waals surface area contributed by atoms with Gasteiger partial charge in [0.15, 0.2) is 0 Å². The molecule has 6 heteroatoms. The first-order chi connectivity index (χ1) is 9.54. The summed E-state index contributed by atoms with van der Waals surface area (Å²) < 4.78 is 5.80. The van der Waals surface area contributed by atoms with Crippen molar-refractivity contribution in [1.29, 1.82) is 0 Å².